The Balaban J connectivity index is 1.89. The summed E-state index contributed by atoms with van der Waals surface area (Å²) in [5.74, 6) is -0.461. The number of aliphatic hydroxyl groups is 1. The van der Waals surface area contributed by atoms with Gasteiger partial charge in [0.05, 0.1) is 5.52 Å². The molecule has 2 amide bonds. The fourth-order valence-corrected chi connectivity index (χ4v) is 2.07. The maximum Gasteiger partial charge on any atom is 0.420 e. The Bertz CT molecular complexity index is 691. The van der Waals surface area contributed by atoms with Crippen molar-refractivity contribution in [3.05, 3.63) is 34.8 Å². The van der Waals surface area contributed by atoms with Crippen molar-refractivity contribution in [2.24, 2.45) is 5.92 Å². The number of oxazole rings is 1. The molecular formula is C15H21N3O4. The molecule has 0 aliphatic carbocycles. The second-order valence-corrected chi connectivity index (χ2v) is 5.34. The van der Waals surface area contributed by atoms with Crippen LogP contribution in [0.25, 0.3) is 11.1 Å². The molecule has 0 bridgehead atoms. The molecule has 2 aromatic rings. The number of rotatable bonds is 6. The summed E-state index contributed by atoms with van der Waals surface area (Å²) in [4.78, 5) is 23.5. The third kappa shape index (κ3) is 3.67. The molecule has 2 unspecified atom stereocenters. The van der Waals surface area contributed by atoms with Gasteiger partial charge >= 0.3 is 11.8 Å². The number of hydrogen-bond donors (Lipinski definition) is 3. The summed E-state index contributed by atoms with van der Waals surface area (Å²) in [5.41, 5.74) is 1.24. The van der Waals surface area contributed by atoms with E-state index in [9.17, 15) is 9.59 Å². The van der Waals surface area contributed by atoms with Gasteiger partial charge in [-0.25, -0.2) is 9.59 Å². The summed E-state index contributed by atoms with van der Waals surface area (Å²) in [6.45, 7) is 4.32. The number of nitrogens with zero attached hydrogens (tertiary/aromatic N) is 1. The van der Waals surface area contributed by atoms with E-state index in [0.29, 0.717) is 24.2 Å². The van der Waals surface area contributed by atoms with Crippen molar-refractivity contribution in [2.75, 3.05) is 13.2 Å². The number of fused-ring (bicyclic) bond motifs is 1. The van der Waals surface area contributed by atoms with E-state index in [4.69, 9.17) is 9.52 Å². The second kappa shape index (κ2) is 7.13. The van der Waals surface area contributed by atoms with E-state index in [1.165, 1.54) is 4.57 Å². The Hall–Kier alpha value is -2.28. The lowest BCUT2D eigenvalue weighted by Gasteiger charge is -2.19. The fraction of sp³-hybridized carbons (Fsp3) is 0.467. The molecule has 2 atom stereocenters. The Morgan fingerprint density at radius 3 is 2.82 bits per heavy atom. The van der Waals surface area contributed by atoms with Crippen LogP contribution in [0.2, 0.25) is 0 Å². The van der Waals surface area contributed by atoms with Crippen LogP contribution in [0.4, 0.5) is 4.79 Å². The first-order valence-corrected chi connectivity index (χ1v) is 7.26. The van der Waals surface area contributed by atoms with Crippen molar-refractivity contribution in [3.8, 4) is 0 Å². The quantitative estimate of drug-likeness (QED) is 0.739. The maximum absolute atomic E-state index is 11.8. The van der Waals surface area contributed by atoms with Crippen LogP contribution in [-0.4, -0.2) is 34.9 Å². The highest BCUT2D eigenvalue weighted by molar-refractivity contribution is 5.74. The molecule has 3 N–H and O–H groups in total. The van der Waals surface area contributed by atoms with Gasteiger partial charge in [-0.3, -0.25) is 4.57 Å². The minimum atomic E-state index is -0.439. The highest BCUT2D eigenvalue weighted by atomic mass is 16.4. The van der Waals surface area contributed by atoms with Crippen molar-refractivity contribution >= 4 is 17.1 Å². The van der Waals surface area contributed by atoms with Gasteiger partial charge in [-0.15, -0.1) is 0 Å². The van der Waals surface area contributed by atoms with Gasteiger partial charge in [0, 0.05) is 25.7 Å². The van der Waals surface area contributed by atoms with Gasteiger partial charge in [-0.05, 0) is 25.0 Å². The predicted octanol–water partition coefficient (Wildman–Crippen LogP) is 0.911. The minimum Gasteiger partial charge on any atom is -0.408 e. The molecule has 1 heterocycles. The molecule has 22 heavy (non-hydrogen) atoms. The molecule has 2 rings (SSSR count). The number of hydrogen-bond acceptors (Lipinski definition) is 4. The number of benzene rings is 1. The Labute approximate surface area is 127 Å². The van der Waals surface area contributed by atoms with Gasteiger partial charge in [-0.1, -0.05) is 19.1 Å². The van der Waals surface area contributed by atoms with Gasteiger partial charge in [0.2, 0.25) is 0 Å². The van der Waals surface area contributed by atoms with Crippen molar-refractivity contribution < 1.29 is 14.3 Å². The van der Waals surface area contributed by atoms with Crippen LogP contribution in [0.15, 0.2) is 33.5 Å². The Morgan fingerprint density at radius 2 is 2.09 bits per heavy atom. The zero-order chi connectivity index (χ0) is 16.1. The zero-order valence-electron chi connectivity index (χ0n) is 12.7. The van der Waals surface area contributed by atoms with E-state index >= 15 is 0 Å². The highest BCUT2D eigenvalue weighted by Crippen LogP contribution is 2.11. The lowest BCUT2D eigenvalue weighted by atomic mass is 10.1. The van der Waals surface area contributed by atoms with Crippen molar-refractivity contribution in [1.82, 2.24) is 15.2 Å². The van der Waals surface area contributed by atoms with Gasteiger partial charge in [0.25, 0.3) is 0 Å². The normalized spacial score (nSPS) is 13.8. The molecule has 120 valence electrons. The number of carbonyl (C=O) groups is 1. The minimum absolute atomic E-state index is 0.0118. The van der Waals surface area contributed by atoms with E-state index in [1.54, 1.807) is 18.2 Å². The lowest BCUT2D eigenvalue weighted by Crippen LogP contribution is -2.45. The second-order valence-electron chi connectivity index (χ2n) is 5.34. The van der Waals surface area contributed by atoms with Gasteiger partial charge in [0.1, 0.15) is 0 Å². The molecule has 1 aromatic heterocycles. The maximum atomic E-state index is 11.8. The molecule has 0 radical (unpaired) electrons. The topological polar surface area (TPSA) is 96.5 Å². The lowest BCUT2D eigenvalue weighted by molar-refractivity contribution is 0.200. The summed E-state index contributed by atoms with van der Waals surface area (Å²) < 4.78 is 6.60. The smallest absolute Gasteiger partial charge is 0.408 e. The fourth-order valence-electron chi connectivity index (χ4n) is 2.07. The third-order valence-corrected chi connectivity index (χ3v) is 3.69. The molecule has 0 spiro atoms. The van der Waals surface area contributed by atoms with Crippen LogP contribution in [0.3, 0.4) is 0 Å². The van der Waals surface area contributed by atoms with Crippen LogP contribution in [0, 0.1) is 5.92 Å². The Kier molecular flexibility index (Phi) is 5.21. The predicted molar refractivity (Wildman–Crippen MR) is 82.7 cm³/mol. The summed E-state index contributed by atoms with van der Waals surface area (Å²) >= 11 is 0. The number of amides is 2. The number of carbonyl (C=O) groups excluding carboxylic acids is 1. The van der Waals surface area contributed by atoms with Crippen LogP contribution < -0.4 is 16.4 Å². The van der Waals surface area contributed by atoms with Gasteiger partial charge < -0.3 is 20.2 Å². The summed E-state index contributed by atoms with van der Waals surface area (Å²) in [6, 6.07) is 6.68. The first-order chi connectivity index (χ1) is 10.5. The Morgan fingerprint density at radius 1 is 1.36 bits per heavy atom. The largest absolute Gasteiger partial charge is 0.420 e. The zero-order valence-corrected chi connectivity index (χ0v) is 12.7. The van der Waals surface area contributed by atoms with Crippen LogP contribution in [-0.2, 0) is 6.54 Å². The van der Waals surface area contributed by atoms with Crippen LogP contribution >= 0.6 is 0 Å². The van der Waals surface area contributed by atoms with E-state index in [-0.39, 0.29) is 24.6 Å². The monoisotopic (exact) mass is 307 g/mol. The van der Waals surface area contributed by atoms with E-state index in [1.807, 2.05) is 19.9 Å². The summed E-state index contributed by atoms with van der Waals surface area (Å²) in [7, 11) is 0. The standard InChI is InChI=1S/C15H21N3O4/c1-10(9-19)11(2)17-14(20)16-7-8-18-12-5-3-4-6-13(12)22-15(18)21/h3-6,10-11,19H,7-9H2,1-2H3,(H2,16,17,20). The van der Waals surface area contributed by atoms with Crippen molar-refractivity contribution in [2.45, 2.75) is 26.4 Å². The molecule has 7 heteroatoms. The average Bonchev–Trinajstić information content (AvgIpc) is 2.82. The molecular weight excluding hydrogens is 286 g/mol. The van der Waals surface area contributed by atoms with E-state index < -0.39 is 5.76 Å². The number of aromatic nitrogens is 1. The molecule has 0 fully saturated rings. The van der Waals surface area contributed by atoms with Crippen molar-refractivity contribution in [1.29, 1.82) is 0 Å². The number of para-hydroxylation sites is 2. The molecule has 7 nitrogen and oxygen atoms in total. The number of aliphatic hydroxyl groups excluding tert-OH is 1. The molecule has 0 saturated heterocycles. The molecule has 0 aliphatic rings. The number of urea groups is 1. The van der Waals surface area contributed by atoms with Gasteiger partial charge in [-0.2, -0.15) is 0 Å². The number of nitrogens with one attached hydrogen (secondary N) is 2. The van der Waals surface area contributed by atoms with E-state index in [2.05, 4.69) is 10.6 Å². The molecule has 0 aliphatic heterocycles. The van der Waals surface area contributed by atoms with Crippen LogP contribution in [0.5, 0.6) is 0 Å². The summed E-state index contributed by atoms with van der Waals surface area (Å²) in [6.07, 6.45) is 0. The first kappa shape index (κ1) is 16.1. The van der Waals surface area contributed by atoms with E-state index in [0.717, 1.165) is 0 Å². The third-order valence-electron chi connectivity index (χ3n) is 3.69. The highest BCUT2D eigenvalue weighted by Gasteiger charge is 2.14. The van der Waals surface area contributed by atoms with Gasteiger partial charge in [0.15, 0.2) is 5.58 Å². The summed E-state index contributed by atoms with van der Waals surface area (Å²) in [5, 5.41) is 14.5. The van der Waals surface area contributed by atoms with Crippen LogP contribution in [0.1, 0.15) is 13.8 Å². The first-order valence-electron chi connectivity index (χ1n) is 7.26. The molecule has 0 saturated carbocycles. The SMILES string of the molecule is CC(CO)C(C)NC(=O)NCCn1c(=O)oc2ccccc21. The van der Waals surface area contributed by atoms with Crippen molar-refractivity contribution in [3.63, 3.8) is 0 Å². The average molecular weight is 307 g/mol. The molecule has 1 aromatic carbocycles.